The van der Waals surface area contributed by atoms with Gasteiger partial charge in [-0.25, -0.2) is 18.8 Å². The summed E-state index contributed by atoms with van der Waals surface area (Å²) in [4.78, 5) is 55.8. The summed E-state index contributed by atoms with van der Waals surface area (Å²) in [5.41, 5.74) is 3.06. The average Bonchev–Trinajstić information content (AvgIpc) is 1.67. The third-order valence-corrected chi connectivity index (χ3v) is 17.1. The van der Waals surface area contributed by atoms with E-state index in [1.165, 1.54) is 12.0 Å². The molecule has 0 bridgehead atoms. The minimum absolute atomic E-state index is 0.00304. The normalized spacial score (nSPS) is 26.9. The number of carbonyl (C=O) groups is 4. The number of benzene rings is 6. The van der Waals surface area contributed by atoms with Crippen LogP contribution in [-0.2, 0) is 86.2 Å². The van der Waals surface area contributed by atoms with Gasteiger partial charge in [0.15, 0.2) is 37.2 Å². The predicted molar refractivity (Wildman–Crippen MR) is 340 cm³/mol. The minimum atomic E-state index is -1.79. The van der Waals surface area contributed by atoms with E-state index < -0.39 is 129 Å². The fourth-order valence-corrected chi connectivity index (χ4v) is 12.1. The van der Waals surface area contributed by atoms with Crippen LogP contribution < -0.4 is 0 Å². The molecule has 95 heavy (non-hydrogen) atoms. The first kappa shape index (κ1) is 70.4. The monoisotopic (exact) mass is 1310 g/mol. The van der Waals surface area contributed by atoms with Crippen molar-refractivity contribution in [2.45, 2.75) is 163 Å². The fourth-order valence-electron chi connectivity index (χ4n) is 12.1. The van der Waals surface area contributed by atoms with Gasteiger partial charge in [0.05, 0.1) is 75.6 Å². The molecule has 16 atom stereocenters. The van der Waals surface area contributed by atoms with Crippen molar-refractivity contribution >= 4 is 23.9 Å². The lowest BCUT2D eigenvalue weighted by atomic mass is 10.0. The first-order valence-corrected chi connectivity index (χ1v) is 32.4. The van der Waals surface area contributed by atoms with Crippen molar-refractivity contribution < 1.29 is 100 Å². The molecule has 10 rings (SSSR count). The van der Waals surface area contributed by atoms with Crippen molar-refractivity contribution in [2.75, 3.05) is 46.6 Å². The van der Waals surface area contributed by atoms with E-state index in [2.05, 4.69) is 0 Å². The summed E-state index contributed by atoms with van der Waals surface area (Å²) < 4.78 is 99.6. The smallest absolute Gasteiger partial charge is 0.338 e. The summed E-state index contributed by atoms with van der Waals surface area (Å²) in [5, 5.41) is 32.0. The Hall–Kier alpha value is -7.39. The lowest BCUT2D eigenvalue weighted by Crippen LogP contribution is -2.51. The largest absolute Gasteiger partial charge is 0.469 e. The number of likely N-dealkylation sites (tertiary alicyclic amines) is 1. The number of rotatable bonds is 35. The molecular weight excluding hydrogens is 1230 g/mol. The Bertz CT molecular complexity index is 3260. The molecule has 4 aliphatic rings. The molecule has 0 aromatic heterocycles. The van der Waals surface area contributed by atoms with Crippen molar-refractivity contribution in [3.63, 3.8) is 0 Å². The van der Waals surface area contributed by atoms with Gasteiger partial charge < -0.3 is 76.9 Å². The predicted octanol–water partition coefficient (Wildman–Crippen LogP) is 8.28. The minimum Gasteiger partial charge on any atom is -0.469 e. The number of carbonyl (C=O) groups excluding carboxylic acids is 4. The summed E-state index contributed by atoms with van der Waals surface area (Å²) in [6.45, 7) is -1.70. The number of hydrogen-bond donors (Lipinski definition) is 3. The highest BCUT2D eigenvalue weighted by molar-refractivity contribution is 5.90. The average molecular weight is 1310 g/mol. The Morgan fingerprint density at radius 3 is 1.24 bits per heavy atom. The lowest BCUT2D eigenvalue weighted by molar-refractivity contribution is -0.219. The van der Waals surface area contributed by atoms with Crippen LogP contribution in [0, 0.1) is 0 Å². The van der Waals surface area contributed by atoms with E-state index in [0.29, 0.717) is 18.4 Å². The Morgan fingerprint density at radius 2 is 0.842 bits per heavy atom. The van der Waals surface area contributed by atoms with Crippen LogP contribution in [0.15, 0.2) is 182 Å². The number of methoxy groups -OCH3 is 1. The molecule has 22 heteroatoms. The molecule has 21 nitrogen and oxygen atoms in total. The van der Waals surface area contributed by atoms with Gasteiger partial charge in [-0.2, -0.15) is 0 Å². The number of aliphatic hydroxyl groups is 3. The van der Waals surface area contributed by atoms with Crippen molar-refractivity contribution in [3.8, 4) is 0 Å². The zero-order chi connectivity index (χ0) is 66.3. The molecule has 4 fully saturated rings. The third kappa shape index (κ3) is 19.7. The Morgan fingerprint density at radius 1 is 0.484 bits per heavy atom. The van der Waals surface area contributed by atoms with Gasteiger partial charge in [0.25, 0.3) is 0 Å². The van der Waals surface area contributed by atoms with Gasteiger partial charge in [-0.1, -0.05) is 171 Å². The van der Waals surface area contributed by atoms with Crippen molar-refractivity contribution in [1.82, 2.24) is 4.90 Å². The number of unbranched alkanes of at least 4 members (excludes halogenated alkanes) is 5. The first-order chi connectivity index (χ1) is 46.4. The fraction of sp³-hybridized carbons (Fsp3) is 0.452. The molecule has 4 heterocycles. The number of hydrogen-bond acceptors (Lipinski definition) is 21. The summed E-state index contributed by atoms with van der Waals surface area (Å²) in [6, 6.07) is 51.9. The van der Waals surface area contributed by atoms with Crippen LogP contribution in [0.3, 0.4) is 0 Å². The van der Waals surface area contributed by atoms with Crippen molar-refractivity contribution in [3.05, 3.63) is 215 Å². The number of esters is 4. The number of halogens is 1. The van der Waals surface area contributed by atoms with Crippen LogP contribution in [0.25, 0.3) is 0 Å². The molecule has 0 amide bonds. The third-order valence-electron chi connectivity index (χ3n) is 17.1. The van der Waals surface area contributed by atoms with E-state index in [0.717, 1.165) is 48.8 Å². The summed E-state index contributed by atoms with van der Waals surface area (Å²) >= 11 is 0. The maximum absolute atomic E-state index is 15.5. The summed E-state index contributed by atoms with van der Waals surface area (Å²) in [7, 11) is 1.38. The second-order valence-electron chi connectivity index (χ2n) is 23.8. The molecule has 0 radical (unpaired) electrons. The van der Waals surface area contributed by atoms with E-state index in [1.807, 2.05) is 91.0 Å². The molecule has 0 saturated carbocycles. The van der Waals surface area contributed by atoms with Gasteiger partial charge >= 0.3 is 23.9 Å². The number of ether oxygens (including phenoxy) is 13. The van der Waals surface area contributed by atoms with Crippen molar-refractivity contribution in [2.24, 2.45) is 0 Å². The molecule has 4 saturated heterocycles. The van der Waals surface area contributed by atoms with Gasteiger partial charge in [-0.15, -0.1) is 0 Å². The molecule has 6 aromatic rings. The number of alkyl halides is 1. The number of aliphatic hydroxyl groups excluding tert-OH is 3. The number of nitrogens with zero attached hydrogens (tertiary/aromatic N) is 1. The first-order valence-electron chi connectivity index (χ1n) is 32.4. The summed E-state index contributed by atoms with van der Waals surface area (Å²) in [6.07, 6.45) is -14.1. The van der Waals surface area contributed by atoms with E-state index in [1.54, 1.807) is 91.0 Å². The quantitative estimate of drug-likeness (QED) is 0.0192. The topological polar surface area (TPSA) is 252 Å². The molecule has 0 spiro atoms. The zero-order valence-electron chi connectivity index (χ0n) is 53.0. The van der Waals surface area contributed by atoms with Crippen LogP contribution in [-0.4, -0.2) is 189 Å². The van der Waals surface area contributed by atoms with Crippen LogP contribution in [0.2, 0.25) is 0 Å². The molecule has 6 aromatic carbocycles. The van der Waals surface area contributed by atoms with Crippen LogP contribution in [0.4, 0.5) is 4.39 Å². The lowest BCUT2D eigenvalue weighted by Gasteiger charge is -2.32. The Balaban J connectivity index is 0.947. The SMILES string of the molecule is COC(=O)CCCCCCCCO[C@H]1O[C@H](CO[C@H]2O[C@H](CO[C@H]3O[C@H](CN4C[C@@H](F)[C@H](O)[C@H]4[C@@H](O)CO)[C@@H](OCc4ccccc4)[C@@H]3OC(=O)c3ccccc3)[C@@H](OCc3ccccc3)[C@@H]2OC(=O)c2ccccc2)[C@@H](OCc2ccccc2)[C@@H]1OC(=O)c1ccccc1. The second-order valence-corrected chi connectivity index (χ2v) is 23.8. The van der Waals surface area contributed by atoms with Gasteiger partial charge in [0.1, 0.15) is 48.9 Å². The highest BCUT2D eigenvalue weighted by atomic mass is 19.1. The molecule has 0 unspecified atom stereocenters. The Kier molecular flexibility index (Phi) is 26.8. The molecule has 3 N–H and O–H groups in total. The maximum Gasteiger partial charge on any atom is 0.338 e. The molecule has 0 aliphatic carbocycles. The van der Waals surface area contributed by atoms with Gasteiger partial charge in [-0.3, -0.25) is 9.69 Å². The van der Waals surface area contributed by atoms with E-state index >= 15 is 4.39 Å². The van der Waals surface area contributed by atoms with E-state index in [-0.39, 0.29) is 63.2 Å². The van der Waals surface area contributed by atoms with Gasteiger partial charge in [0.2, 0.25) is 0 Å². The standard InChI is InChI=1S/C73H84FNO20/c1-83-59(78)38-24-4-2-3-5-25-39-84-71-66(94-69(81)52-34-20-10-21-35-52)63(86-44-49-28-14-7-15-29-49)57(91-71)46-89-73-67(95-70(82)53-36-22-11-23-37-53)64(87-45-50-30-16-8-17-31-50)58(92-73)47-88-72-65(93-68(80)51-32-18-9-19-33-51)62(85-43-48-26-12-6-13-27-48)56(90-72)41-75-40-54(74)61(79)60(75)55(77)42-76/h6-23,26-37,54-58,60-67,71-73,76-77,79H,2-5,24-25,38-47H2,1H3/t54-,55+,56-,57-,58-,60-,61+,62-,63-,64-,65+,66+,67+,71+,72+,73+/m1/s1. The molecular formula is C73H84FNO20. The second kappa shape index (κ2) is 36.1. The highest BCUT2D eigenvalue weighted by Crippen LogP contribution is 2.37. The van der Waals surface area contributed by atoms with Gasteiger partial charge in [-0.05, 0) is 65.9 Å². The van der Waals surface area contributed by atoms with Crippen LogP contribution in [0.1, 0.15) is 92.7 Å². The van der Waals surface area contributed by atoms with E-state index in [4.69, 9.17) is 61.6 Å². The van der Waals surface area contributed by atoms with Crippen LogP contribution >= 0.6 is 0 Å². The van der Waals surface area contributed by atoms with Gasteiger partial charge in [0, 0.05) is 26.1 Å². The highest BCUT2D eigenvalue weighted by Gasteiger charge is 2.56. The van der Waals surface area contributed by atoms with Crippen molar-refractivity contribution in [1.29, 1.82) is 0 Å². The van der Waals surface area contributed by atoms with Crippen LogP contribution in [0.5, 0.6) is 0 Å². The molecule has 508 valence electrons. The summed E-state index contributed by atoms with van der Waals surface area (Å²) in [5.74, 6) is -2.35. The zero-order valence-corrected chi connectivity index (χ0v) is 53.0. The Labute approximate surface area is 552 Å². The molecule has 4 aliphatic heterocycles. The van der Waals surface area contributed by atoms with E-state index in [9.17, 15) is 34.5 Å². The maximum atomic E-state index is 15.5.